The van der Waals surface area contributed by atoms with Crippen molar-refractivity contribution in [3.05, 3.63) is 40.6 Å². The number of oxazole rings is 1. The Kier molecular flexibility index (Phi) is 5.31. The quantitative estimate of drug-likeness (QED) is 0.802. The molecule has 1 aromatic carbocycles. The monoisotopic (exact) mass is 340 g/mol. The zero-order valence-electron chi connectivity index (χ0n) is 11.6. The lowest BCUT2D eigenvalue weighted by molar-refractivity contribution is 0.481. The fourth-order valence-corrected chi connectivity index (χ4v) is 2.24. The second-order valence-corrected chi connectivity index (χ2v) is 5.79. The molecule has 0 fully saturated rings. The number of rotatable bonds is 6. The van der Waals surface area contributed by atoms with E-state index >= 15 is 0 Å². The number of halogens is 2. The molecule has 20 heavy (non-hydrogen) atoms. The molecule has 1 N–H and O–H groups in total. The van der Waals surface area contributed by atoms with E-state index in [0.717, 1.165) is 19.4 Å². The molecule has 5 heteroatoms. The maximum Gasteiger partial charge on any atom is 0.194 e. The van der Waals surface area contributed by atoms with Gasteiger partial charge in [0.1, 0.15) is 5.82 Å². The summed E-state index contributed by atoms with van der Waals surface area (Å²) in [5, 5.41) is 3.34. The van der Waals surface area contributed by atoms with Gasteiger partial charge in [0.15, 0.2) is 11.7 Å². The van der Waals surface area contributed by atoms with Crippen molar-refractivity contribution in [2.75, 3.05) is 6.54 Å². The smallest absolute Gasteiger partial charge is 0.194 e. The summed E-state index contributed by atoms with van der Waals surface area (Å²) in [6.45, 7) is 5.14. The van der Waals surface area contributed by atoms with Gasteiger partial charge in [-0.1, -0.05) is 19.9 Å². The van der Waals surface area contributed by atoms with E-state index in [-0.39, 0.29) is 5.82 Å². The maximum absolute atomic E-state index is 13.9. The van der Waals surface area contributed by atoms with Gasteiger partial charge in [0.05, 0.1) is 16.2 Å². The Morgan fingerprint density at radius 1 is 1.40 bits per heavy atom. The summed E-state index contributed by atoms with van der Waals surface area (Å²) in [5.41, 5.74) is 0.429. The summed E-state index contributed by atoms with van der Waals surface area (Å²) in [6.07, 6.45) is 3.27. The zero-order chi connectivity index (χ0) is 14.5. The molecule has 1 heterocycles. The number of hydrogen-bond donors (Lipinski definition) is 1. The largest absolute Gasteiger partial charge is 0.441 e. The van der Waals surface area contributed by atoms with Gasteiger partial charge in [0, 0.05) is 12.5 Å². The van der Waals surface area contributed by atoms with E-state index in [2.05, 4.69) is 40.1 Å². The first-order chi connectivity index (χ1) is 9.58. The van der Waals surface area contributed by atoms with Crippen molar-refractivity contribution in [2.24, 2.45) is 0 Å². The zero-order valence-corrected chi connectivity index (χ0v) is 13.2. The highest BCUT2D eigenvalue weighted by Gasteiger charge is 2.12. The van der Waals surface area contributed by atoms with Gasteiger partial charge in [-0.15, -0.1) is 0 Å². The molecule has 0 atom stereocenters. The molecule has 2 aromatic rings. The van der Waals surface area contributed by atoms with Crippen LogP contribution in [-0.2, 0) is 6.42 Å². The van der Waals surface area contributed by atoms with E-state index in [9.17, 15) is 4.39 Å². The molecule has 0 saturated carbocycles. The highest BCUT2D eigenvalue weighted by atomic mass is 79.9. The lowest BCUT2D eigenvalue weighted by Gasteiger charge is -2.06. The second-order valence-electron chi connectivity index (χ2n) is 4.93. The van der Waals surface area contributed by atoms with Gasteiger partial charge in [-0.3, -0.25) is 0 Å². The van der Waals surface area contributed by atoms with Gasteiger partial charge in [0.2, 0.25) is 0 Å². The highest BCUT2D eigenvalue weighted by Crippen LogP contribution is 2.28. The van der Waals surface area contributed by atoms with Crippen molar-refractivity contribution in [3.63, 3.8) is 0 Å². The van der Waals surface area contributed by atoms with Gasteiger partial charge in [-0.2, -0.15) is 0 Å². The molecule has 0 bridgehead atoms. The van der Waals surface area contributed by atoms with Gasteiger partial charge >= 0.3 is 0 Å². The summed E-state index contributed by atoms with van der Waals surface area (Å²) >= 11 is 3.17. The third kappa shape index (κ3) is 3.90. The van der Waals surface area contributed by atoms with E-state index < -0.39 is 0 Å². The number of benzene rings is 1. The molecule has 0 amide bonds. The molecule has 0 aliphatic carbocycles. The number of nitrogens with one attached hydrogen (secondary N) is 1. The average molecular weight is 341 g/mol. The van der Waals surface area contributed by atoms with Crippen LogP contribution in [0.25, 0.3) is 11.3 Å². The van der Waals surface area contributed by atoms with Crippen LogP contribution in [0.5, 0.6) is 0 Å². The average Bonchev–Trinajstić information content (AvgIpc) is 2.86. The predicted octanol–water partition coefficient (Wildman–Crippen LogP) is 4.17. The Bertz CT molecular complexity index is 569. The Hall–Kier alpha value is -1.20. The predicted molar refractivity (Wildman–Crippen MR) is 81.1 cm³/mol. The summed E-state index contributed by atoms with van der Waals surface area (Å²) in [7, 11) is 0. The van der Waals surface area contributed by atoms with Crippen molar-refractivity contribution < 1.29 is 8.81 Å². The van der Waals surface area contributed by atoms with Crippen molar-refractivity contribution >= 4 is 15.9 Å². The van der Waals surface area contributed by atoms with Gasteiger partial charge in [-0.25, -0.2) is 9.37 Å². The topological polar surface area (TPSA) is 38.1 Å². The van der Waals surface area contributed by atoms with E-state index in [4.69, 9.17) is 4.42 Å². The third-order valence-electron chi connectivity index (χ3n) is 2.89. The van der Waals surface area contributed by atoms with E-state index in [1.165, 1.54) is 0 Å². The van der Waals surface area contributed by atoms with Crippen molar-refractivity contribution in [2.45, 2.75) is 32.7 Å². The molecular weight excluding hydrogens is 323 g/mol. The van der Waals surface area contributed by atoms with Crippen molar-refractivity contribution in [3.8, 4) is 11.3 Å². The number of nitrogens with zero attached hydrogens (tertiary/aromatic N) is 1. The summed E-state index contributed by atoms with van der Waals surface area (Å²) < 4.78 is 20.0. The first kappa shape index (κ1) is 15.2. The van der Waals surface area contributed by atoms with Gasteiger partial charge in [0.25, 0.3) is 0 Å². The van der Waals surface area contributed by atoms with Crippen LogP contribution in [0.4, 0.5) is 4.39 Å². The molecule has 2 rings (SSSR count). The van der Waals surface area contributed by atoms with Gasteiger partial charge < -0.3 is 9.73 Å². The Morgan fingerprint density at radius 3 is 2.95 bits per heavy atom. The maximum atomic E-state index is 13.9. The molecule has 0 aliphatic rings. The normalized spacial score (nSPS) is 11.2. The molecule has 0 saturated heterocycles. The Balaban J connectivity index is 2.00. The summed E-state index contributed by atoms with van der Waals surface area (Å²) in [4.78, 5) is 4.20. The number of aromatic nitrogens is 1. The highest BCUT2D eigenvalue weighted by molar-refractivity contribution is 9.10. The van der Waals surface area contributed by atoms with E-state index in [1.54, 1.807) is 24.4 Å². The van der Waals surface area contributed by atoms with Crippen molar-refractivity contribution in [1.29, 1.82) is 0 Å². The summed E-state index contributed by atoms with van der Waals surface area (Å²) in [5.74, 6) is 0.789. The van der Waals surface area contributed by atoms with Gasteiger partial charge in [-0.05, 0) is 41.0 Å². The Morgan fingerprint density at radius 2 is 2.20 bits per heavy atom. The minimum Gasteiger partial charge on any atom is -0.441 e. The molecule has 0 radical (unpaired) electrons. The standard InChI is InChI=1S/C15H18BrFN2O/c1-10(2)18-8-4-7-14-19-9-13(20-14)11-5-3-6-12(16)15(11)17/h3,5-6,9-10,18H,4,7-8H2,1-2H3. The Labute approximate surface area is 126 Å². The van der Waals surface area contributed by atoms with Crippen molar-refractivity contribution in [1.82, 2.24) is 10.3 Å². The van der Waals surface area contributed by atoms with Crippen LogP contribution in [0.3, 0.4) is 0 Å². The van der Waals surface area contributed by atoms with Crippen LogP contribution in [-0.4, -0.2) is 17.6 Å². The van der Waals surface area contributed by atoms with E-state index in [0.29, 0.717) is 27.7 Å². The number of aryl methyl sites for hydroxylation is 1. The molecule has 0 spiro atoms. The fraction of sp³-hybridized carbons (Fsp3) is 0.400. The van der Waals surface area contributed by atoms with Crippen LogP contribution >= 0.6 is 15.9 Å². The molecule has 1 aromatic heterocycles. The first-order valence-electron chi connectivity index (χ1n) is 6.70. The summed E-state index contributed by atoms with van der Waals surface area (Å²) in [6, 6.07) is 5.60. The minimum atomic E-state index is -0.323. The SMILES string of the molecule is CC(C)NCCCc1ncc(-c2cccc(Br)c2F)o1. The van der Waals surface area contributed by atoms with Crippen LogP contribution in [0, 0.1) is 5.82 Å². The lowest BCUT2D eigenvalue weighted by atomic mass is 10.2. The molecule has 0 aliphatic heterocycles. The van der Waals surface area contributed by atoms with Crippen LogP contribution < -0.4 is 5.32 Å². The first-order valence-corrected chi connectivity index (χ1v) is 7.49. The van der Waals surface area contributed by atoms with Crippen LogP contribution in [0.15, 0.2) is 33.3 Å². The molecule has 0 unspecified atom stereocenters. The van der Waals surface area contributed by atoms with Crippen LogP contribution in [0.2, 0.25) is 0 Å². The second kappa shape index (κ2) is 6.99. The number of hydrogen-bond acceptors (Lipinski definition) is 3. The van der Waals surface area contributed by atoms with Crippen LogP contribution in [0.1, 0.15) is 26.2 Å². The molecule has 108 valence electrons. The molecular formula is C15H18BrFN2O. The molecule has 3 nitrogen and oxygen atoms in total. The third-order valence-corrected chi connectivity index (χ3v) is 3.50. The minimum absolute atomic E-state index is 0.323. The fourth-order valence-electron chi connectivity index (χ4n) is 1.87. The lowest BCUT2D eigenvalue weighted by Crippen LogP contribution is -2.23. The van der Waals surface area contributed by atoms with E-state index in [1.807, 2.05) is 0 Å².